The molecule has 0 heterocycles. The lowest BCUT2D eigenvalue weighted by Crippen LogP contribution is -2.37. The average molecular weight is 187 g/mol. The van der Waals surface area contributed by atoms with E-state index in [2.05, 4.69) is 10.7 Å². The minimum absolute atomic E-state index is 0.284. The first-order valence-corrected chi connectivity index (χ1v) is 3.77. The molecule has 1 aromatic rings. The van der Waals surface area contributed by atoms with Crippen molar-refractivity contribution in [3.8, 4) is 0 Å². The number of hydrogen-bond donors (Lipinski definition) is 3. The van der Waals surface area contributed by atoms with Gasteiger partial charge < -0.3 is 5.32 Å². The third-order valence-electron chi connectivity index (χ3n) is 1.73. The summed E-state index contributed by atoms with van der Waals surface area (Å²) in [5, 5.41) is 2.73. The second-order valence-electron chi connectivity index (χ2n) is 2.55. The van der Waals surface area contributed by atoms with Gasteiger partial charge in [0.1, 0.15) is 11.6 Å². The summed E-state index contributed by atoms with van der Waals surface area (Å²) in [6.07, 6.45) is -0.513. The molecule has 0 aliphatic heterocycles. The fourth-order valence-corrected chi connectivity index (χ4v) is 1.06. The summed E-state index contributed by atoms with van der Waals surface area (Å²) >= 11 is 0. The molecule has 0 aliphatic carbocycles. The highest BCUT2D eigenvalue weighted by Gasteiger charge is 2.12. The Labute approximate surface area is 74.9 Å². The van der Waals surface area contributed by atoms with Crippen LogP contribution in [0.4, 0.5) is 8.78 Å². The zero-order valence-electron chi connectivity index (χ0n) is 7.14. The lowest BCUT2D eigenvalue weighted by atomic mass is 10.1. The van der Waals surface area contributed by atoms with Crippen molar-refractivity contribution in [3.63, 3.8) is 0 Å². The molecule has 0 amide bonds. The number of rotatable bonds is 3. The van der Waals surface area contributed by atoms with Crippen LogP contribution in [0.15, 0.2) is 18.2 Å². The van der Waals surface area contributed by atoms with Crippen molar-refractivity contribution in [3.05, 3.63) is 35.4 Å². The lowest BCUT2D eigenvalue weighted by molar-refractivity contribution is 0.458. The van der Waals surface area contributed by atoms with Crippen LogP contribution in [0.1, 0.15) is 11.7 Å². The summed E-state index contributed by atoms with van der Waals surface area (Å²) in [4.78, 5) is 0. The van der Waals surface area contributed by atoms with E-state index in [1.165, 1.54) is 12.1 Å². The maximum atomic E-state index is 13.1. The molecule has 1 rings (SSSR count). The van der Waals surface area contributed by atoms with E-state index in [-0.39, 0.29) is 5.56 Å². The number of nitrogens with two attached hydrogens (primary N) is 1. The third kappa shape index (κ3) is 2.21. The molecule has 0 spiro atoms. The van der Waals surface area contributed by atoms with E-state index in [0.29, 0.717) is 0 Å². The highest BCUT2D eigenvalue weighted by Crippen LogP contribution is 2.14. The van der Waals surface area contributed by atoms with Crippen LogP contribution in [0.2, 0.25) is 0 Å². The quantitative estimate of drug-likeness (QED) is 0.370. The van der Waals surface area contributed by atoms with Gasteiger partial charge >= 0.3 is 0 Å². The number of benzene rings is 1. The SMILES string of the molecule is CNC(NN)c1ccc(F)cc1F. The molecule has 0 saturated carbocycles. The van der Waals surface area contributed by atoms with Gasteiger partial charge in [0.2, 0.25) is 0 Å². The van der Waals surface area contributed by atoms with Crippen LogP contribution in [0.3, 0.4) is 0 Å². The minimum atomic E-state index is -0.627. The van der Waals surface area contributed by atoms with E-state index in [1.807, 2.05) is 0 Å². The predicted octanol–water partition coefficient (Wildman–Crippen LogP) is 0.646. The van der Waals surface area contributed by atoms with Crippen molar-refractivity contribution < 1.29 is 8.78 Å². The van der Waals surface area contributed by atoms with Gasteiger partial charge in [-0.15, -0.1) is 0 Å². The molecular formula is C8H11F2N3. The van der Waals surface area contributed by atoms with E-state index in [1.54, 1.807) is 7.05 Å². The van der Waals surface area contributed by atoms with Gasteiger partial charge in [0.25, 0.3) is 0 Å². The normalized spacial score (nSPS) is 12.9. The van der Waals surface area contributed by atoms with Gasteiger partial charge in [0.15, 0.2) is 0 Å². The van der Waals surface area contributed by atoms with Crippen molar-refractivity contribution in [2.45, 2.75) is 6.17 Å². The zero-order valence-corrected chi connectivity index (χ0v) is 7.14. The molecule has 72 valence electrons. The monoisotopic (exact) mass is 187 g/mol. The highest BCUT2D eigenvalue weighted by molar-refractivity contribution is 5.21. The summed E-state index contributed by atoms with van der Waals surface area (Å²) in [7, 11) is 1.62. The first kappa shape index (κ1) is 10.0. The Kier molecular flexibility index (Phi) is 3.30. The van der Waals surface area contributed by atoms with Gasteiger partial charge in [0, 0.05) is 11.6 Å². The van der Waals surface area contributed by atoms with Gasteiger partial charge in [-0.1, -0.05) is 6.07 Å². The molecular weight excluding hydrogens is 176 g/mol. The van der Waals surface area contributed by atoms with Crippen LogP contribution >= 0.6 is 0 Å². The molecule has 13 heavy (non-hydrogen) atoms. The number of hydrogen-bond acceptors (Lipinski definition) is 3. The van der Waals surface area contributed by atoms with Crippen molar-refractivity contribution in [2.75, 3.05) is 7.05 Å². The fourth-order valence-electron chi connectivity index (χ4n) is 1.06. The minimum Gasteiger partial charge on any atom is -0.300 e. The lowest BCUT2D eigenvalue weighted by Gasteiger charge is -2.15. The van der Waals surface area contributed by atoms with E-state index in [4.69, 9.17) is 5.84 Å². The van der Waals surface area contributed by atoms with Gasteiger partial charge in [-0.2, -0.15) is 0 Å². The van der Waals surface area contributed by atoms with Gasteiger partial charge in [0.05, 0.1) is 6.17 Å². The van der Waals surface area contributed by atoms with Crippen LogP contribution in [0, 0.1) is 11.6 Å². The Morgan fingerprint density at radius 1 is 1.38 bits per heavy atom. The molecule has 1 atom stereocenters. The summed E-state index contributed by atoms with van der Waals surface area (Å²) in [5.74, 6) is 3.92. The van der Waals surface area contributed by atoms with Crippen LogP contribution in [0.5, 0.6) is 0 Å². The van der Waals surface area contributed by atoms with Gasteiger partial charge in [-0.3, -0.25) is 5.84 Å². The van der Waals surface area contributed by atoms with Crippen molar-refractivity contribution in [1.29, 1.82) is 0 Å². The largest absolute Gasteiger partial charge is 0.300 e. The summed E-state index contributed by atoms with van der Waals surface area (Å²) < 4.78 is 25.6. The molecule has 5 heteroatoms. The Balaban J connectivity index is 2.99. The van der Waals surface area contributed by atoms with Crippen LogP contribution in [-0.4, -0.2) is 7.05 Å². The molecule has 0 bridgehead atoms. The maximum Gasteiger partial charge on any atom is 0.132 e. The molecule has 0 fully saturated rings. The molecule has 0 saturated heterocycles. The molecule has 0 aliphatic rings. The summed E-state index contributed by atoms with van der Waals surface area (Å²) in [5.41, 5.74) is 2.64. The Morgan fingerprint density at radius 2 is 2.08 bits per heavy atom. The molecule has 0 aromatic heterocycles. The standard InChI is InChI=1S/C8H11F2N3/c1-12-8(13-11)6-3-2-5(9)4-7(6)10/h2-4,8,12-13H,11H2,1H3. The van der Waals surface area contributed by atoms with E-state index in [0.717, 1.165) is 6.07 Å². The second-order valence-corrected chi connectivity index (χ2v) is 2.55. The first-order chi connectivity index (χ1) is 6.19. The summed E-state index contributed by atoms with van der Waals surface area (Å²) in [6, 6.07) is 3.34. The van der Waals surface area contributed by atoms with Crippen LogP contribution in [-0.2, 0) is 0 Å². The number of hydrazine groups is 1. The maximum absolute atomic E-state index is 13.1. The molecule has 3 nitrogen and oxygen atoms in total. The Morgan fingerprint density at radius 3 is 2.54 bits per heavy atom. The molecule has 4 N–H and O–H groups in total. The molecule has 0 radical (unpaired) electrons. The second kappa shape index (κ2) is 4.27. The smallest absolute Gasteiger partial charge is 0.132 e. The predicted molar refractivity (Wildman–Crippen MR) is 45.5 cm³/mol. The van der Waals surface area contributed by atoms with Crippen molar-refractivity contribution in [2.24, 2.45) is 5.84 Å². The van der Waals surface area contributed by atoms with Gasteiger partial charge in [-0.25, -0.2) is 14.2 Å². The molecule has 1 aromatic carbocycles. The number of nitrogens with one attached hydrogen (secondary N) is 2. The average Bonchev–Trinajstić information content (AvgIpc) is 2.10. The topological polar surface area (TPSA) is 50.1 Å². The van der Waals surface area contributed by atoms with E-state index in [9.17, 15) is 8.78 Å². The van der Waals surface area contributed by atoms with E-state index >= 15 is 0 Å². The fraction of sp³-hybridized carbons (Fsp3) is 0.250. The third-order valence-corrected chi connectivity index (χ3v) is 1.73. The van der Waals surface area contributed by atoms with Crippen molar-refractivity contribution in [1.82, 2.24) is 10.7 Å². The molecule has 1 unspecified atom stereocenters. The number of halogens is 2. The zero-order chi connectivity index (χ0) is 9.84. The van der Waals surface area contributed by atoms with Gasteiger partial charge in [-0.05, 0) is 13.1 Å². The van der Waals surface area contributed by atoms with Crippen molar-refractivity contribution >= 4 is 0 Å². The van der Waals surface area contributed by atoms with Crippen LogP contribution < -0.4 is 16.6 Å². The summed E-state index contributed by atoms with van der Waals surface area (Å²) in [6.45, 7) is 0. The highest BCUT2D eigenvalue weighted by atomic mass is 19.1. The Hall–Kier alpha value is -1.04. The van der Waals surface area contributed by atoms with Crippen LogP contribution in [0.25, 0.3) is 0 Å². The first-order valence-electron chi connectivity index (χ1n) is 3.77. The Bertz CT molecular complexity index is 287. The van der Waals surface area contributed by atoms with E-state index < -0.39 is 17.8 Å².